The Labute approximate surface area is 110 Å². The number of aliphatic hydroxyl groups excluding tert-OH is 1. The van der Waals surface area contributed by atoms with E-state index in [0.717, 1.165) is 16.0 Å². The van der Waals surface area contributed by atoms with Crippen LogP contribution >= 0.6 is 11.3 Å². The Morgan fingerprint density at radius 3 is 2.83 bits per heavy atom. The summed E-state index contributed by atoms with van der Waals surface area (Å²) in [6, 6.07) is 2.09. The van der Waals surface area contributed by atoms with E-state index in [4.69, 9.17) is 0 Å². The maximum atomic E-state index is 9.49. The highest BCUT2D eigenvalue weighted by atomic mass is 32.1. The molecule has 0 radical (unpaired) electrons. The third-order valence-electron chi connectivity index (χ3n) is 2.62. The largest absolute Gasteiger partial charge is 0.392 e. The fraction of sp³-hybridized carbons (Fsp3) is 0.500. The molecular formula is C12H18N4OS. The molecule has 1 unspecified atom stereocenters. The van der Waals surface area contributed by atoms with Gasteiger partial charge in [0.15, 0.2) is 0 Å². The van der Waals surface area contributed by atoms with Gasteiger partial charge in [-0.2, -0.15) is 4.98 Å². The molecule has 0 bridgehead atoms. The first-order chi connectivity index (χ1) is 8.51. The molecular weight excluding hydrogens is 248 g/mol. The Balaban J connectivity index is 2.52. The third-order valence-corrected chi connectivity index (χ3v) is 3.56. The lowest BCUT2D eigenvalue weighted by Crippen LogP contribution is -2.28. The normalized spacial score (nSPS) is 12.7. The van der Waals surface area contributed by atoms with Crippen molar-refractivity contribution >= 4 is 33.3 Å². The van der Waals surface area contributed by atoms with Gasteiger partial charge in [0.05, 0.1) is 11.5 Å². The summed E-state index contributed by atoms with van der Waals surface area (Å²) in [6.45, 7) is 4.38. The second-order valence-corrected chi connectivity index (χ2v) is 5.66. The molecule has 2 aromatic heterocycles. The topological polar surface area (TPSA) is 61.3 Å². The van der Waals surface area contributed by atoms with Gasteiger partial charge in [-0.1, -0.05) is 0 Å². The number of aromatic nitrogens is 2. The van der Waals surface area contributed by atoms with Crippen LogP contribution in [0.4, 0.5) is 11.8 Å². The molecule has 0 aromatic carbocycles. The lowest BCUT2D eigenvalue weighted by Gasteiger charge is -2.20. The Morgan fingerprint density at radius 1 is 1.50 bits per heavy atom. The zero-order valence-electron chi connectivity index (χ0n) is 11.1. The van der Waals surface area contributed by atoms with E-state index in [0.29, 0.717) is 12.5 Å². The second-order valence-electron chi connectivity index (χ2n) is 4.43. The van der Waals surface area contributed by atoms with Crippen LogP contribution < -0.4 is 10.2 Å². The van der Waals surface area contributed by atoms with Crippen LogP contribution in [0.25, 0.3) is 10.2 Å². The predicted octanol–water partition coefficient (Wildman–Crippen LogP) is 1.86. The van der Waals surface area contributed by atoms with Gasteiger partial charge >= 0.3 is 0 Å². The number of hydrogen-bond donors (Lipinski definition) is 2. The lowest BCUT2D eigenvalue weighted by atomic mass is 10.3. The monoisotopic (exact) mass is 266 g/mol. The number of fused-ring (bicyclic) bond motifs is 1. The van der Waals surface area contributed by atoms with Crippen molar-refractivity contribution < 1.29 is 5.11 Å². The summed E-state index contributed by atoms with van der Waals surface area (Å²) in [7, 11) is 3.74. The Morgan fingerprint density at radius 2 is 2.22 bits per heavy atom. The smallest absolute Gasteiger partial charge is 0.225 e. The van der Waals surface area contributed by atoms with E-state index < -0.39 is 6.10 Å². The van der Waals surface area contributed by atoms with Gasteiger partial charge in [0.1, 0.15) is 10.6 Å². The van der Waals surface area contributed by atoms with Gasteiger partial charge in [-0.3, -0.25) is 0 Å². The van der Waals surface area contributed by atoms with Crippen LogP contribution in [-0.4, -0.2) is 41.8 Å². The molecule has 0 aliphatic rings. The molecule has 2 N–H and O–H groups in total. The lowest BCUT2D eigenvalue weighted by molar-refractivity contribution is 0.201. The van der Waals surface area contributed by atoms with Crippen molar-refractivity contribution in [3.63, 3.8) is 0 Å². The Hall–Kier alpha value is -1.40. The number of rotatable bonds is 4. The number of anilines is 2. The molecule has 0 aliphatic heterocycles. The molecule has 0 saturated carbocycles. The van der Waals surface area contributed by atoms with Crippen LogP contribution in [0.1, 0.15) is 11.8 Å². The van der Waals surface area contributed by atoms with Crippen molar-refractivity contribution in [2.24, 2.45) is 0 Å². The number of hydrogen-bond acceptors (Lipinski definition) is 6. The first-order valence-electron chi connectivity index (χ1n) is 5.86. The zero-order chi connectivity index (χ0) is 13.3. The van der Waals surface area contributed by atoms with Gasteiger partial charge < -0.3 is 15.3 Å². The number of aryl methyl sites for hydroxylation is 1. The molecule has 0 spiro atoms. The van der Waals surface area contributed by atoms with E-state index >= 15 is 0 Å². The minimum absolute atomic E-state index is 0.391. The quantitative estimate of drug-likeness (QED) is 0.884. The first kappa shape index (κ1) is 13.0. The average Bonchev–Trinajstić information content (AvgIpc) is 2.66. The average molecular weight is 266 g/mol. The summed E-state index contributed by atoms with van der Waals surface area (Å²) in [5.74, 6) is 1.46. The van der Waals surface area contributed by atoms with E-state index in [1.54, 1.807) is 25.3 Å². The Kier molecular flexibility index (Phi) is 3.68. The van der Waals surface area contributed by atoms with Crippen molar-refractivity contribution in [3.05, 3.63) is 10.9 Å². The van der Waals surface area contributed by atoms with Crippen molar-refractivity contribution in [1.29, 1.82) is 0 Å². The van der Waals surface area contributed by atoms with E-state index in [9.17, 15) is 5.11 Å². The van der Waals surface area contributed by atoms with Crippen molar-refractivity contribution in [2.75, 3.05) is 30.9 Å². The molecule has 5 nitrogen and oxygen atoms in total. The van der Waals surface area contributed by atoms with Gasteiger partial charge in [0, 0.05) is 25.5 Å². The molecule has 2 rings (SSSR count). The highest BCUT2D eigenvalue weighted by Crippen LogP contribution is 2.31. The van der Waals surface area contributed by atoms with Gasteiger partial charge in [0.25, 0.3) is 0 Å². The molecule has 0 aliphatic carbocycles. The number of nitrogens with zero attached hydrogens (tertiary/aromatic N) is 3. The van der Waals surface area contributed by atoms with Crippen LogP contribution in [0.3, 0.4) is 0 Å². The third kappa shape index (κ3) is 2.54. The molecule has 98 valence electrons. The molecule has 2 heterocycles. The number of thiophene rings is 1. The summed E-state index contributed by atoms with van der Waals surface area (Å²) in [5.41, 5.74) is 0. The van der Waals surface area contributed by atoms with Gasteiger partial charge in [-0.05, 0) is 19.9 Å². The standard InChI is InChI=1S/C12H18N4OS/c1-7(17)6-16(4)10-9-5-8(2)18-11(9)15-12(13-3)14-10/h5,7,17H,6H2,1-4H3,(H,13,14,15). The zero-order valence-corrected chi connectivity index (χ0v) is 11.9. The van der Waals surface area contributed by atoms with E-state index in [1.165, 1.54) is 4.88 Å². The van der Waals surface area contributed by atoms with Crippen molar-refractivity contribution in [3.8, 4) is 0 Å². The molecule has 0 fully saturated rings. The number of nitrogens with one attached hydrogen (secondary N) is 1. The number of aliphatic hydroxyl groups is 1. The fourth-order valence-electron chi connectivity index (χ4n) is 1.91. The predicted molar refractivity (Wildman–Crippen MR) is 76.6 cm³/mol. The molecule has 18 heavy (non-hydrogen) atoms. The summed E-state index contributed by atoms with van der Waals surface area (Å²) >= 11 is 1.65. The van der Waals surface area contributed by atoms with Gasteiger partial charge in [-0.25, -0.2) is 4.98 Å². The van der Waals surface area contributed by atoms with E-state index in [2.05, 4.69) is 28.3 Å². The maximum absolute atomic E-state index is 9.49. The van der Waals surface area contributed by atoms with Gasteiger partial charge in [-0.15, -0.1) is 11.3 Å². The molecule has 6 heteroatoms. The highest BCUT2D eigenvalue weighted by Gasteiger charge is 2.14. The summed E-state index contributed by atoms with van der Waals surface area (Å²) < 4.78 is 0. The van der Waals surface area contributed by atoms with E-state index in [-0.39, 0.29) is 0 Å². The highest BCUT2D eigenvalue weighted by molar-refractivity contribution is 7.18. The molecule has 2 aromatic rings. The van der Waals surface area contributed by atoms with Crippen molar-refractivity contribution in [1.82, 2.24) is 9.97 Å². The fourth-order valence-corrected chi connectivity index (χ4v) is 2.79. The summed E-state index contributed by atoms with van der Waals surface area (Å²) in [4.78, 5) is 13.1. The summed E-state index contributed by atoms with van der Waals surface area (Å²) in [6.07, 6.45) is -0.391. The minimum atomic E-state index is -0.391. The molecule has 0 saturated heterocycles. The Bertz CT molecular complexity index is 552. The second kappa shape index (κ2) is 5.07. The van der Waals surface area contributed by atoms with E-state index in [1.807, 2.05) is 11.9 Å². The molecule has 1 atom stereocenters. The van der Waals surface area contributed by atoms with Gasteiger partial charge in [0.2, 0.25) is 5.95 Å². The summed E-state index contributed by atoms with van der Waals surface area (Å²) in [5, 5.41) is 13.5. The minimum Gasteiger partial charge on any atom is -0.392 e. The van der Waals surface area contributed by atoms with Crippen molar-refractivity contribution in [2.45, 2.75) is 20.0 Å². The SMILES string of the molecule is CNc1nc(N(C)CC(C)O)c2cc(C)sc2n1. The maximum Gasteiger partial charge on any atom is 0.225 e. The van der Waals surface area contributed by atoms with Crippen LogP contribution in [-0.2, 0) is 0 Å². The van der Waals surface area contributed by atoms with Crippen LogP contribution in [0, 0.1) is 6.92 Å². The number of likely N-dealkylation sites (N-methyl/N-ethyl adjacent to an activating group) is 1. The van der Waals surface area contributed by atoms with Crippen LogP contribution in [0.15, 0.2) is 6.07 Å². The van der Waals surface area contributed by atoms with Crippen LogP contribution in [0.5, 0.6) is 0 Å². The first-order valence-corrected chi connectivity index (χ1v) is 6.68. The molecule has 0 amide bonds. The van der Waals surface area contributed by atoms with Crippen LogP contribution in [0.2, 0.25) is 0 Å².